The predicted octanol–water partition coefficient (Wildman–Crippen LogP) is -4.34. The van der Waals surface area contributed by atoms with Gasteiger partial charge in [-0.3, -0.25) is 9.00 Å². The lowest BCUT2D eigenvalue weighted by Crippen LogP contribution is -2.66. The number of carbonyl (C=O) groups is 2. The smallest absolute Gasteiger partial charge is 0.338 e. The summed E-state index contributed by atoms with van der Waals surface area (Å²) in [6.07, 6.45) is -23.5. The van der Waals surface area contributed by atoms with Gasteiger partial charge in [0.15, 0.2) is 24.5 Å². The molecule has 0 aromatic heterocycles. The van der Waals surface area contributed by atoms with E-state index in [1.54, 1.807) is 6.92 Å². The highest BCUT2D eigenvalue weighted by Gasteiger charge is 2.75. The van der Waals surface area contributed by atoms with Gasteiger partial charge < -0.3 is 93.7 Å². The molecular formula is C40H56O22S. The minimum Gasteiger partial charge on any atom is -0.508 e. The van der Waals surface area contributed by atoms with E-state index < -0.39 is 168 Å². The molecule has 23 heteroatoms. The van der Waals surface area contributed by atoms with Gasteiger partial charge in [-0.15, -0.1) is 0 Å². The number of hydrogen-bond donors (Lipinski definition) is 10. The molecule has 1 aromatic rings. The van der Waals surface area contributed by atoms with Crippen LogP contribution in [-0.4, -0.2) is 214 Å². The zero-order chi connectivity index (χ0) is 45.5. The van der Waals surface area contributed by atoms with Crippen LogP contribution in [0.4, 0.5) is 0 Å². The van der Waals surface area contributed by atoms with Crippen LogP contribution >= 0.6 is 0 Å². The standard InChI is InChI=1S/C40H56O22S/c1-15-11-55-39(9-21(15)57-33(49)18-4-6-19(43)7-5-18)37(50)40(52)24(44)8-20-23(12-63(53)31(20)32(40)62-39)59-36-30(27(47)25(45)17(3)56-36)61-35-28(48)29(26(46)22(10-41)58-35)60-34-16(2)38(51,13-42)14-54-34/h4-7,15-17,20-32,34-36,41-48,51-52H,8-14H2,1-3H3. The Bertz CT molecular complexity index is 1860. The van der Waals surface area contributed by atoms with Crippen molar-refractivity contribution in [2.45, 2.75) is 148 Å². The van der Waals surface area contributed by atoms with Gasteiger partial charge in [-0.25, -0.2) is 4.79 Å². The van der Waals surface area contributed by atoms with E-state index in [2.05, 4.69) is 0 Å². The van der Waals surface area contributed by atoms with Gasteiger partial charge in [0.1, 0.15) is 66.3 Å². The lowest BCUT2D eigenvalue weighted by molar-refractivity contribution is -0.377. The third-order valence-electron chi connectivity index (χ3n) is 13.9. The minimum atomic E-state index is -2.60. The van der Waals surface area contributed by atoms with Gasteiger partial charge in [0.2, 0.25) is 11.6 Å². The van der Waals surface area contributed by atoms with Crippen molar-refractivity contribution in [2.75, 3.05) is 32.2 Å². The summed E-state index contributed by atoms with van der Waals surface area (Å²) in [4.78, 5) is 27.3. The highest BCUT2D eigenvalue weighted by molar-refractivity contribution is 7.86. The zero-order valence-corrected chi connectivity index (χ0v) is 35.3. The van der Waals surface area contributed by atoms with Crippen LogP contribution in [0.2, 0.25) is 0 Å². The first-order chi connectivity index (χ1) is 29.8. The topological polar surface area (TPSA) is 337 Å². The van der Waals surface area contributed by atoms with Gasteiger partial charge in [-0.05, 0) is 37.6 Å². The van der Waals surface area contributed by atoms with Gasteiger partial charge in [-0.1, -0.05) is 13.8 Å². The average molecular weight is 921 g/mol. The number of fused-ring (bicyclic) bond motifs is 3. The van der Waals surface area contributed by atoms with Crippen molar-refractivity contribution < 1.29 is 107 Å². The highest BCUT2D eigenvalue weighted by Crippen LogP contribution is 2.53. The van der Waals surface area contributed by atoms with Crippen molar-refractivity contribution in [2.24, 2.45) is 17.8 Å². The van der Waals surface area contributed by atoms with Gasteiger partial charge >= 0.3 is 5.97 Å². The van der Waals surface area contributed by atoms with Crippen molar-refractivity contribution in [3.8, 4) is 5.75 Å². The predicted molar refractivity (Wildman–Crippen MR) is 205 cm³/mol. The molecule has 1 saturated carbocycles. The van der Waals surface area contributed by atoms with Crippen molar-refractivity contribution in [1.29, 1.82) is 0 Å². The van der Waals surface area contributed by atoms with E-state index in [0.717, 1.165) is 0 Å². The van der Waals surface area contributed by atoms with E-state index >= 15 is 0 Å². The normalized spacial score (nSPS) is 51.0. The van der Waals surface area contributed by atoms with Crippen LogP contribution in [0.1, 0.15) is 44.0 Å². The van der Waals surface area contributed by atoms with Gasteiger partial charge in [0, 0.05) is 35.0 Å². The van der Waals surface area contributed by atoms with Crippen molar-refractivity contribution in [1.82, 2.24) is 0 Å². The largest absolute Gasteiger partial charge is 0.508 e. The van der Waals surface area contributed by atoms with Crippen LogP contribution in [0.15, 0.2) is 24.3 Å². The Labute approximate surface area is 362 Å². The molecule has 23 unspecified atom stereocenters. The first kappa shape index (κ1) is 47.1. The van der Waals surface area contributed by atoms with E-state index in [9.17, 15) is 64.9 Å². The van der Waals surface area contributed by atoms with E-state index in [1.807, 2.05) is 0 Å². The second-order valence-corrected chi connectivity index (χ2v) is 19.5. The number of hydrogen-bond acceptors (Lipinski definition) is 22. The van der Waals surface area contributed by atoms with Gasteiger partial charge in [-0.2, -0.15) is 0 Å². The lowest BCUT2D eigenvalue weighted by Gasteiger charge is -2.47. The fourth-order valence-corrected chi connectivity index (χ4v) is 11.8. The minimum absolute atomic E-state index is 0.0659. The molecule has 6 heterocycles. The summed E-state index contributed by atoms with van der Waals surface area (Å²) < 4.78 is 67.4. The van der Waals surface area contributed by atoms with Crippen LogP contribution in [0.3, 0.4) is 0 Å². The molecule has 22 nitrogen and oxygen atoms in total. The number of ether oxygens (including phenoxy) is 9. The van der Waals surface area contributed by atoms with Crippen LogP contribution in [0.5, 0.6) is 5.75 Å². The second-order valence-electron chi connectivity index (χ2n) is 17.9. The molecule has 7 fully saturated rings. The Morgan fingerprint density at radius 1 is 0.873 bits per heavy atom. The summed E-state index contributed by atoms with van der Waals surface area (Å²) in [5.41, 5.74) is -4.16. The summed E-state index contributed by atoms with van der Waals surface area (Å²) in [6.45, 7) is 2.73. The molecule has 0 bridgehead atoms. The number of aliphatic hydroxyl groups excluding tert-OH is 7. The number of rotatable bonds is 10. The number of esters is 1. The van der Waals surface area contributed by atoms with Crippen LogP contribution in [-0.2, 0) is 58.2 Å². The number of benzene rings is 1. The van der Waals surface area contributed by atoms with Crippen molar-refractivity contribution in [3.63, 3.8) is 0 Å². The number of Topliss-reactive ketones (excluding diaryl/α,β-unsaturated/α-hetero) is 1. The third-order valence-corrected chi connectivity index (χ3v) is 15.7. The number of aromatic hydroxyl groups is 1. The fourth-order valence-electron chi connectivity index (χ4n) is 9.74. The summed E-state index contributed by atoms with van der Waals surface area (Å²) in [6, 6.07) is 5.33. The van der Waals surface area contributed by atoms with E-state index in [0.29, 0.717) is 0 Å². The van der Waals surface area contributed by atoms with E-state index in [-0.39, 0.29) is 43.1 Å². The molecule has 1 aliphatic carbocycles. The zero-order valence-electron chi connectivity index (χ0n) is 34.5. The second kappa shape index (κ2) is 17.7. The first-order valence-electron chi connectivity index (χ1n) is 21.0. The van der Waals surface area contributed by atoms with E-state index in [1.165, 1.54) is 38.1 Å². The third kappa shape index (κ3) is 8.07. The molecule has 8 rings (SSSR count). The molecular weight excluding hydrogens is 864 g/mol. The van der Waals surface area contributed by atoms with Crippen LogP contribution < -0.4 is 0 Å². The molecule has 0 radical (unpaired) electrons. The molecule has 1 aromatic carbocycles. The molecule has 1 spiro atoms. The molecule has 6 saturated heterocycles. The monoisotopic (exact) mass is 920 g/mol. The maximum Gasteiger partial charge on any atom is 0.338 e. The summed E-state index contributed by atoms with van der Waals surface area (Å²) >= 11 is 0. The first-order valence-corrected chi connectivity index (χ1v) is 22.3. The quantitative estimate of drug-likeness (QED) is 0.0992. The number of phenolic OH excluding ortho intramolecular Hbond substituents is 1. The molecule has 6 aliphatic heterocycles. The Balaban J connectivity index is 0.994. The van der Waals surface area contributed by atoms with Gasteiger partial charge in [0.05, 0.1) is 61.3 Å². The maximum absolute atomic E-state index is 14.2. The molecule has 10 N–H and O–H groups in total. The maximum atomic E-state index is 14.2. The highest BCUT2D eigenvalue weighted by atomic mass is 32.2. The summed E-state index contributed by atoms with van der Waals surface area (Å²) in [5.74, 6) is -6.47. The molecule has 23 atom stereocenters. The summed E-state index contributed by atoms with van der Waals surface area (Å²) in [7, 11) is -1.91. The SMILES string of the molecule is CC1COC2(CC1OC(=O)c1ccc(O)cc1)OC1C3C(CC(O)C1(O)C2=O)C(OC1OC(C)C(O)C(O)C1OC1OC(CO)C(O)C(OC2OCC(O)(CO)C2C)C1O)CS3=O. The Kier molecular flexibility index (Phi) is 13.2. The molecule has 63 heavy (non-hydrogen) atoms. The number of aliphatic hydroxyl groups is 9. The van der Waals surface area contributed by atoms with Crippen LogP contribution in [0, 0.1) is 17.8 Å². The Morgan fingerprint density at radius 2 is 1.57 bits per heavy atom. The van der Waals surface area contributed by atoms with Crippen LogP contribution in [0.25, 0.3) is 0 Å². The number of carbonyl (C=O) groups excluding carboxylic acids is 2. The lowest BCUT2D eigenvalue weighted by atomic mass is 9.70. The molecule has 7 aliphatic rings. The Hall–Kier alpha value is -2.37. The number of ketones is 1. The fraction of sp³-hybridized carbons (Fsp3) is 0.800. The van der Waals surface area contributed by atoms with E-state index in [4.69, 9.17) is 42.6 Å². The number of phenols is 1. The van der Waals surface area contributed by atoms with Crippen molar-refractivity contribution >= 4 is 22.6 Å². The van der Waals surface area contributed by atoms with Gasteiger partial charge in [0.25, 0.3) is 0 Å². The molecule has 0 amide bonds. The summed E-state index contributed by atoms with van der Waals surface area (Å²) in [5, 5.41) is 107. The average Bonchev–Trinajstić information content (AvgIpc) is 3.80. The Morgan fingerprint density at radius 3 is 2.24 bits per heavy atom. The molecule has 354 valence electrons. The van der Waals surface area contributed by atoms with Crippen molar-refractivity contribution in [3.05, 3.63) is 29.8 Å².